The number of benzene rings is 1. The zero-order chi connectivity index (χ0) is 14.9. The predicted molar refractivity (Wildman–Crippen MR) is 88.5 cm³/mol. The van der Waals surface area contributed by atoms with Crippen molar-refractivity contribution in [2.24, 2.45) is 0 Å². The van der Waals surface area contributed by atoms with Crippen LogP contribution in [0.3, 0.4) is 0 Å². The summed E-state index contributed by atoms with van der Waals surface area (Å²) in [6.45, 7) is 4.32. The van der Waals surface area contributed by atoms with Crippen LogP contribution in [0, 0.1) is 0 Å². The van der Waals surface area contributed by atoms with Crippen molar-refractivity contribution in [2.75, 3.05) is 20.3 Å². The minimum atomic E-state index is 0.689. The van der Waals surface area contributed by atoms with Crippen molar-refractivity contribution in [1.82, 2.24) is 5.32 Å². The van der Waals surface area contributed by atoms with Crippen LogP contribution in [0.15, 0.2) is 35.7 Å². The van der Waals surface area contributed by atoms with Crippen LogP contribution in [-0.2, 0) is 13.0 Å². The molecule has 1 heterocycles. The molecule has 1 N–H and O–H groups in total. The van der Waals surface area contributed by atoms with E-state index < -0.39 is 0 Å². The quantitative estimate of drug-likeness (QED) is 0.762. The fourth-order valence-corrected chi connectivity index (χ4v) is 2.72. The van der Waals surface area contributed by atoms with E-state index in [9.17, 15) is 0 Å². The van der Waals surface area contributed by atoms with E-state index in [1.165, 1.54) is 4.88 Å². The molecule has 0 fully saturated rings. The van der Waals surface area contributed by atoms with Gasteiger partial charge in [0.25, 0.3) is 0 Å². The van der Waals surface area contributed by atoms with Gasteiger partial charge in [-0.25, -0.2) is 0 Å². The lowest BCUT2D eigenvalue weighted by Crippen LogP contribution is -2.09. The van der Waals surface area contributed by atoms with Crippen LogP contribution in [0.25, 0.3) is 0 Å². The molecule has 0 spiro atoms. The van der Waals surface area contributed by atoms with Gasteiger partial charge in [0.2, 0.25) is 0 Å². The Bertz CT molecular complexity index is 526. The molecular formula is C17H23NO2S. The number of rotatable bonds is 9. The minimum Gasteiger partial charge on any atom is -0.493 e. The summed E-state index contributed by atoms with van der Waals surface area (Å²) in [5, 5.41) is 5.27. The van der Waals surface area contributed by atoms with E-state index in [-0.39, 0.29) is 0 Å². The van der Waals surface area contributed by atoms with Gasteiger partial charge in [0.1, 0.15) is 11.5 Å². The maximum Gasteiger partial charge on any atom is 0.127 e. The van der Waals surface area contributed by atoms with Crippen LogP contribution in [0.1, 0.15) is 23.8 Å². The van der Waals surface area contributed by atoms with Gasteiger partial charge in [-0.2, -0.15) is 0 Å². The zero-order valence-corrected chi connectivity index (χ0v) is 13.5. The maximum atomic E-state index is 5.97. The molecule has 1 aromatic carbocycles. The molecule has 2 rings (SSSR count). The molecule has 21 heavy (non-hydrogen) atoms. The first kappa shape index (κ1) is 15.9. The Balaban J connectivity index is 1.99. The highest BCUT2D eigenvalue weighted by Crippen LogP contribution is 2.25. The van der Waals surface area contributed by atoms with Crippen LogP contribution in [0.5, 0.6) is 11.5 Å². The molecule has 0 aliphatic heterocycles. The van der Waals surface area contributed by atoms with E-state index in [2.05, 4.69) is 35.8 Å². The topological polar surface area (TPSA) is 30.5 Å². The van der Waals surface area contributed by atoms with Gasteiger partial charge in [-0.1, -0.05) is 19.1 Å². The van der Waals surface area contributed by atoms with Crippen LogP contribution >= 0.6 is 11.3 Å². The number of hydrogen-bond acceptors (Lipinski definition) is 4. The number of nitrogens with one attached hydrogen (secondary N) is 1. The molecule has 114 valence electrons. The number of ether oxygens (including phenoxy) is 2. The summed E-state index contributed by atoms with van der Waals surface area (Å²) in [5.74, 6) is 1.79. The van der Waals surface area contributed by atoms with Gasteiger partial charge in [0.05, 0.1) is 13.2 Å². The maximum absolute atomic E-state index is 5.97. The second-order valence-electron chi connectivity index (χ2n) is 4.83. The predicted octanol–water partition coefficient (Wildman–Crippen LogP) is 3.88. The van der Waals surface area contributed by atoms with E-state index in [1.54, 1.807) is 11.3 Å². The summed E-state index contributed by atoms with van der Waals surface area (Å²) in [6.07, 6.45) is 1.95. The highest BCUT2D eigenvalue weighted by atomic mass is 32.1. The molecule has 0 saturated carbocycles. The first-order valence-electron chi connectivity index (χ1n) is 7.39. The molecule has 0 aliphatic carbocycles. The monoisotopic (exact) mass is 305 g/mol. The van der Waals surface area contributed by atoms with Crippen LogP contribution < -0.4 is 14.8 Å². The number of thiophene rings is 1. The SMILES string of the molecule is CCCOc1ccc(CNC)c(OCCc2cccs2)c1. The van der Waals surface area contributed by atoms with Gasteiger partial charge >= 0.3 is 0 Å². The molecule has 0 unspecified atom stereocenters. The largest absolute Gasteiger partial charge is 0.493 e. The van der Waals surface area contributed by atoms with Gasteiger partial charge in [-0.05, 0) is 31.0 Å². The van der Waals surface area contributed by atoms with Crippen molar-refractivity contribution in [2.45, 2.75) is 26.3 Å². The first-order chi connectivity index (χ1) is 10.3. The van der Waals surface area contributed by atoms with Crippen molar-refractivity contribution in [3.05, 3.63) is 46.2 Å². The average molecular weight is 305 g/mol. The Kier molecular flexibility index (Phi) is 6.57. The average Bonchev–Trinajstić information content (AvgIpc) is 3.01. The molecule has 4 heteroatoms. The summed E-state index contributed by atoms with van der Waals surface area (Å²) in [6, 6.07) is 10.3. The van der Waals surface area contributed by atoms with Crippen molar-refractivity contribution < 1.29 is 9.47 Å². The Morgan fingerprint density at radius 2 is 2.05 bits per heavy atom. The molecule has 1 aromatic heterocycles. The van der Waals surface area contributed by atoms with Crippen molar-refractivity contribution >= 4 is 11.3 Å². The van der Waals surface area contributed by atoms with E-state index in [1.807, 2.05) is 19.2 Å². The van der Waals surface area contributed by atoms with Crippen molar-refractivity contribution in [3.63, 3.8) is 0 Å². The Labute approximate surface area is 130 Å². The lowest BCUT2D eigenvalue weighted by atomic mass is 10.2. The fourth-order valence-electron chi connectivity index (χ4n) is 2.03. The van der Waals surface area contributed by atoms with Crippen LogP contribution in [-0.4, -0.2) is 20.3 Å². The fraction of sp³-hybridized carbons (Fsp3) is 0.412. The summed E-state index contributed by atoms with van der Waals surface area (Å²) < 4.78 is 11.7. The molecule has 0 radical (unpaired) electrons. The third-order valence-corrected chi connectivity index (χ3v) is 4.00. The van der Waals surface area contributed by atoms with Gasteiger partial charge < -0.3 is 14.8 Å². The third kappa shape index (κ3) is 5.06. The van der Waals surface area contributed by atoms with Crippen molar-refractivity contribution in [1.29, 1.82) is 0 Å². The Morgan fingerprint density at radius 3 is 2.76 bits per heavy atom. The van der Waals surface area contributed by atoms with Gasteiger partial charge in [-0.15, -0.1) is 11.3 Å². The number of hydrogen-bond donors (Lipinski definition) is 1. The molecule has 3 nitrogen and oxygen atoms in total. The van der Waals surface area contributed by atoms with E-state index >= 15 is 0 Å². The van der Waals surface area contributed by atoms with Gasteiger partial charge in [-0.3, -0.25) is 0 Å². The Hall–Kier alpha value is -1.52. The van der Waals surface area contributed by atoms with E-state index in [0.29, 0.717) is 6.61 Å². The van der Waals surface area contributed by atoms with E-state index in [4.69, 9.17) is 9.47 Å². The lowest BCUT2D eigenvalue weighted by molar-refractivity contribution is 0.301. The molecule has 0 amide bonds. The van der Waals surface area contributed by atoms with Crippen LogP contribution in [0.4, 0.5) is 0 Å². The van der Waals surface area contributed by atoms with E-state index in [0.717, 1.165) is 43.1 Å². The lowest BCUT2D eigenvalue weighted by Gasteiger charge is -2.13. The molecule has 2 aromatic rings. The first-order valence-corrected chi connectivity index (χ1v) is 8.27. The molecular weight excluding hydrogens is 282 g/mol. The second-order valence-corrected chi connectivity index (χ2v) is 5.86. The van der Waals surface area contributed by atoms with Gasteiger partial charge in [0, 0.05) is 29.5 Å². The highest BCUT2D eigenvalue weighted by Gasteiger charge is 2.06. The highest BCUT2D eigenvalue weighted by molar-refractivity contribution is 7.09. The van der Waals surface area contributed by atoms with Crippen molar-refractivity contribution in [3.8, 4) is 11.5 Å². The van der Waals surface area contributed by atoms with Crippen LogP contribution in [0.2, 0.25) is 0 Å². The summed E-state index contributed by atoms with van der Waals surface area (Å²) in [7, 11) is 1.94. The third-order valence-electron chi connectivity index (χ3n) is 3.06. The molecule has 0 atom stereocenters. The summed E-state index contributed by atoms with van der Waals surface area (Å²) >= 11 is 1.77. The summed E-state index contributed by atoms with van der Waals surface area (Å²) in [4.78, 5) is 1.35. The molecule has 0 saturated heterocycles. The van der Waals surface area contributed by atoms with Gasteiger partial charge in [0.15, 0.2) is 0 Å². The minimum absolute atomic E-state index is 0.689. The summed E-state index contributed by atoms with van der Waals surface area (Å²) in [5.41, 5.74) is 1.16. The zero-order valence-electron chi connectivity index (χ0n) is 12.7. The normalized spacial score (nSPS) is 10.6. The smallest absolute Gasteiger partial charge is 0.127 e. The molecule has 0 aliphatic rings. The second kappa shape index (κ2) is 8.70. The molecule has 0 bridgehead atoms. The standard InChI is InChI=1S/C17H23NO2S/c1-3-9-19-15-7-6-14(13-18-2)17(12-15)20-10-8-16-5-4-11-21-16/h4-7,11-12,18H,3,8-10,13H2,1-2H3. The Morgan fingerprint density at radius 1 is 1.14 bits per heavy atom.